The highest BCUT2D eigenvalue weighted by molar-refractivity contribution is 7.99. The van der Waals surface area contributed by atoms with Crippen LogP contribution in [0.1, 0.15) is 13.8 Å². The van der Waals surface area contributed by atoms with Gasteiger partial charge < -0.3 is 9.84 Å². The first-order valence-electron chi connectivity index (χ1n) is 3.81. The number of hydrogen-bond acceptors (Lipinski definition) is 3. The quantitative estimate of drug-likeness (QED) is 0.647. The molecule has 72 valence electrons. The van der Waals surface area contributed by atoms with Crippen LogP contribution in [0, 0.1) is 5.41 Å². The Morgan fingerprint density at radius 3 is 2.58 bits per heavy atom. The molecule has 3 nitrogen and oxygen atoms in total. The smallest absolute Gasteiger partial charge is 0.309 e. The number of carbonyl (C=O) groups is 1. The van der Waals surface area contributed by atoms with Crippen LogP contribution in [0.2, 0.25) is 0 Å². The minimum absolute atomic E-state index is 0.627. The number of ether oxygens (including phenoxy) is 1. The topological polar surface area (TPSA) is 46.5 Å². The largest absolute Gasteiger partial charge is 0.481 e. The van der Waals surface area contributed by atoms with E-state index in [2.05, 4.69) is 0 Å². The monoisotopic (exact) mass is 192 g/mol. The Bertz CT molecular complexity index is 145. The minimum atomic E-state index is -0.743. The van der Waals surface area contributed by atoms with Gasteiger partial charge in [-0.05, 0) is 13.8 Å². The van der Waals surface area contributed by atoms with Gasteiger partial charge in [0.2, 0.25) is 0 Å². The van der Waals surface area contributed by atoms with Crippen LogP contribution in [-0.2, 0) is 9.53 Å². The zero-order valence-electron chi connectivity index (χ0n) is 7.79. The van der Waals surface area contributed by atoms with E-state index >= 15 is 0 Å². The van der Waals surface area contributed by atoms with Crippen LogP contribution < -0.4 is 0 Å². The number of carboxylic acids is 1. The Kier molecular flexibility index (Phi) is 5.33. The van der Waals surface area contributed by atoms with Crippen LogP contribution in [0.4, 0.5) is 0 Å². The van der Waals surface area contributed by atoms with Crippen molar-refractivity contribution in [3.63, 3.8) is 0 Å². The second kappa shape index (κ2) is 5.43. The van der Waals surface area contributed by atoms with Gasteiger partial charge in [-0.15, -0.1) is 0 Å². The molecule has 0 fully saturated rings. The summed E-state index contributed by atoms with van der Waals surface area (Å²) in [6.07, 6.45) is 0. The summed E-state index contributed by atoms with van der Waals surface area (Å²) in [7, 11) is 1.64. The van der Waals surface area contributed by atoms with E-state index in [0.717, 1.165) is 5.75 Å². The summed E-state index contributed by atoms with van der Waals surface area (Å²) in [5.74, 6) is 0.742. The molecule has 0 aromatic rings. The van der Waals surface area contributed by atoms with E-state index in [1.54, 1.807) is 32.7 Å². The van der Waals surface area contributed by atoms with E-state index in [1.165, 1.54) is 0 Å². The molecule has 12 heavy (non-hydrogen) atoms. The van der Waals surface area contributed by atoms with Crippen molar-refractivity contribution in [1.82, 2.24) is 0 Å². The Hall–Kier alpha value is -0.220. The van der Waals surface area contributed by atoms with Crippen molar-refractivity contribution >= 4 is 17.7 Å². The second-order valence-corrected chi connectivity index (χ2v) is 4.34. The molecule has 0 aliphatic carbocycles. The SMILES string of the molecule is COCCSCC(C)(C)C(=O)O. The van der Waals surface area contributed by atoms with E-state index in [-0.39, 0.29) is 0 Å². The highest BCUT2D eigenvalue weighted by atomic mass is 32.2. The first kappa shape index (κ1) is 11.8. The highest BCUT2D eigenvalue weighted by Gasteiger charge is 2.26. The second-order valence-electron chi connectivity index (χ2n) is 3.23. The van der Waals surface area contributed by atoms with Crippen molar-refractivity contribution in [3.8, 4) is 0 Å². The number of rotatable bonds is 6. The van der Waals surface area contributed by atoms with E-state index < -0.39 is 11.4 Å². The molecular weight excluding hydrogens is 176 g/mol. The summed E-state index contributed by atoms with van der Waals surface area (Å²) < 4.78 is 4.85. The van der Waals surface area contributed by atoms with Gasteiger partial charge in [0.25, 0.3) is 0 Å². The molecule has 0 rings (SSSR count). The summed E-state index contributed by atoms with van der Waals surface area (Å²) in [6.45, 7) is 4.14. The first-order valence-corrected chi connectivity index (χ1v) is 4.96. The molecule has 0 amide bonds. The third kappa shape index (κ3) is 4.62. The number of aliphatic carboxylic acids is 1. The fourth-order valence-corrected chi connectivity index (χ4v) is 1.59. The van der Waals surface area contributed by atoms with Crippen molar-refractivity contribution in [2.24, 2.45) is 5.41 Å². The Balaban J connectivity index is 3.54. The average Bonchev–Trinajstić information content (AvgIpc) is 1.98. The zero-order valence-corrected chi connectivity index (χ0v) is 8.61. The Labute approximate surface area is 77.5 Å². The van der Waals surface area contributed by atoms with Gasteiger partial charge in [-0.3, -0.25) is 4.79 Å². The van der Waals surface area contributed by atoms with Crippen LogP contribution in [0.3, 0.4) is 0 Å². The van der Waals surface area contributed by atoms with Gasteiger partial charge in [0.15, 0.2) is 0 Å². The van der Waals surface area contributed by atoms with Gasteiger partial charge >= 0.3 is 5.97 Å². The summed E-state index contributed by atoms with van der Waals surface area (Å²) in [6, 6.07) is 0. The molecule has 0 bridgehead atoms. The third-order valence-electron chi connectivity index (χ3n) is 1.47. The average molecular weight is 192 g/mol. The summed E-state index contributed by atoms with van der Waals surface area (Å²) in [5, 5.41) is 8.75. The molecule has 0 atom stereocenters. The number of methoxy groups -OCH3 is 1. The van der Waals surface area contributed by atoms with Crippen molar-refractivity contribution in [1.29, 1.82) is 0 Å². The summed E-state index contributed by atoms with van der Waals surface area (Å²) in [5.41, 5.74) is -0.627. The van der Waals surface area contributed by atoms with Crippen molar-refractivity contribution < 1.29 is 14.6 Å². The van der Waals surface area contributed by atoms with Crippen molar-refractivity contribution in [3.05, 3.63) is 0 Å². The van der Waals surface area contributed by atoms with Crippen LogP contribution in [0.15, 0.2) is 0 Å². The molecule has 0 heterocycles. The van der Waals surface area contributed by atoms with Gasteiger partial charge in [0.1, 0.15) is 0 Å². The van der Waals surface area contributed by atoms with Gasteiger partial charge in [-0.2, -0.15) is 11.8 Å². The molecule has 0 radical (unpaired) electrons. The van der Waals surface area contributed by atoms with Gasteiger partial charge in [0, 0.05) is 18.6 Å². The molecule has 0 saturated heterocycles. The number of carboxylic acid groups (broad SMARTS) is 1. The lowest BCUT2D eigenvalue weighted by Crippen LogP contribution is -2.26. The van der Waals surface area contributed by atoms with Gasteiger partial charge in [-0.25, -0.2) is 0 Å². The Morgan fingerprint density at radius 2 is 2.17 bits per heavy atom. The fraction of sp³-hybridized carbons (Fsp3) is 0.875. The zero-order chi connectivity index (χ0) is 9.61. The lowest BCUT2D eigenvalue weighted by molar-refractivity contribution is -0.145. The molecule has 1 N–H and O–H groups in total. The predicted molar refractivity (Wildman–Crippen MR) is 50.6 cm³/mol. The van der Waals surface area contributed by atoms with Crippen LogP contribution in [0.5, 0.6) is 0 Å². The molecular formula is C8H16O3S. The molecule has 0 aliphatic heterocycles. The maximum Gasteiger partial charge on any atom is 0.309 e. The summed E-state index contributed by atoms with van der Waals surface area (Å²) in [4.78, 5) is 10.6. The van der Waals surface area contributed by atoms with E-state index in [0.29, 0.717) is 12.4 Å². The molecule has 0 unspecified atom stereocenters. The molecule has 4 heteroatoms. The normalized spacial score (nSPS) is 11.6. The lowest BCUT2D eigenvalue weighted by Gasteiger charge is -2.17. The minimum Gasteiger partial charge on any atom is -0.481 e. The van der Waals surface area contributed by atoms with E-state index in [1.807, 2.05) is 0 Å². The Morgan fingerprint density at radius 1 is 1.58 bits per heavy atom. The van der Waals surface area contributed by atoms with Gasteiger partial charge in [0.05, 0.1) is 12.0 Å². The van der Waals surface area contributed by atoms with Crippen molar-refractivity contribution in [2.45, 2.75) is 13.8 Å². The van der Waals surface area contributed by atoms with E-state index in [9.17, 15) is 4.79 Å². The third-order valence-corrected chi connectivity index (χ3v) is 2.85. The predicted octanol–water partition coefficient (Wildman–Crippen LogP) is 1.48. The summed E-state index contributed by atoms with van der Waals surface area (Å²) >= 11 is 1.61. The maximum absolute atomic E-state index is 10.6. The number of hydrogen-bond donors (Lipinski definition) is 1. The lowest BCUT2D eigenvalue weighted by atomic mass is 9.97. The van der Waals surface area contributed by atoms with Gasteiger partial charge in [-0.1, -0.05) is 0 Å². The number of thioether (sulfide) groups is 1. The standard InChI is InChI=1S/C8H16O3S/c1-8(2,7(9)10)6-12-5-4-11-3/h4-6H2,1-3H3,(H,9,10). The fourth-order valence-electron chi connectivity index (χ4n) is 0.531. The van der Waals surface area contributed by atoms with Crippen LogP contribution >= 0.6 is 11.8 Å². The van der Waals surface area contributed by atoms with Crippen molar-refractivity contribution in [2.75, 3.05) is 25.2 Å². The molecule has 0 aromatic carbocycles. The van der Waals surface area contributed by atoms with Crippen LogP contribution in [0.25, 0.3) is 0 Å². The molecule has 0 spiro atoms. The van der Waals surface area contributed by atoms with E-state index in [4.69, 9.17) is 9.84 Å². The molecule has 0 aromatic heterocycles. The first-order chi connectivity index (χ1) is 5.50. The molecule has 0 aliphatic rings. The maximum atomic E-state index is 10.6. The molecule has 0 saturated carbocycles. The highest BCUT2D eigenvalue weighted by Crippen LogP contribution is 2.21. The van der Waals surface area contributed by atoms with Crippen LogP contribution in [-0.4, -0.2) is 36.3 Å².